The van der Waals surface area contributed by atoms with Crippen LogP contribution in [0.5, 0.6) is 5.75 Å². The lowest BCUT2D eigenvalue weighted by molar-refractivity contribution is 0.252. The molecule has 0 unspecified atom stereocenters. The Labute approximate surface area is 108 Å². The maximum absolute atomic E-state index is 11.7. The van der Waals surface area contributed by atoms with Crippen molar-refractivity contribution in [1.29, 1.82) is 0 Å². The Hall–Kier alpha value is -1.75. The summed E-state index contributed by atoms with van der Waals surface area (Å²) in [5.74, 6) is 0.614. The van der Waals surface area contributed by atoms with Crippen molar-refractivity contribution in [3.63, 3.8) is 0 Å². The summed E-state index contributed by atoms with van der Waals surface area (Å²) in [6.45, 7) is 3.09. The minimum absolute atomic E-state index is 0.234. The fourth-order valence-corrected chi connectivity index (χ4v) is 1.60. The number of unbranched alkanes of at least 4 members (excludes halogenated alkanes) is 1. The van der Waals surface area contributed by atoms with Crippen molar-refractivity contribution in [1.82, 2.24) is 5.32 Å². The minimum atomic E-state index is -0.234. The first-order valence-corrected chi connectivity index (χ1v) is 6.13. The van der Waals surface area contributed by atoms with Crippen molar-refractivity contribution in [3.8, 4) is 5.75 Å². The minimum Gasteiger partial charge on any atom is -0.495 e. The van der Waals surface area contributed by atoms with E-state index in [9.17, 15) is 4.79 Å². The van der Waals surface area contributed by atoms with Crippen LogP contribution in [0.3, 0.4) is 0 Å². The molecule has 5 heteroatoms. The number of carbonyl (C=O) groups excluding carboxylic acids is 1. The second-order valence-corrected chi connectivity index (χ2v) is 3.93. The molecule has 5 nitrogen and oxygen atoms in total. The van der Waals surface area contributed by atoms with Gasteiger partial charge in [-0.3, -0.25) is 0 Å². The van der Waals surface area contributed by atoms with Crippen molar-refractivity contribution >= 4 is 11.7 Å². The average Bonchev–Trinajstić information content (AvgIpc) is 2.39. The molecule has 1 aromatic carbocycles. The molecule has 2 amide bonds. The molecular weight excluding hydrogens is 230 g/mol. The molecule has 1 rings (SSSR count). The monoisotopic (exact) mass is 251 g/mol. The number of nitrogens with one attached hydrogen (secondary N) is 2. The molecule has 0 spiro atoms. The fourth-order valence-electron chi connectivity index (χ4n) is 1.60. The van der Waals surface area contributed by atoms with Crippen molar-refractivity contribution < 1.29 is 9.53 Å². The predicted octanol–water partition coefficient (Wildman–Crippen LogP) is 2.08. The highest BCUT2D eigenvalue weighted by Crippen LogP contribution is 2.27. The Kier molecular flexibility index (Phi) is 6.00. The van der Waals surface area contributed by atoms with Gasteiger partial charge in [0.1, 0.15) is 5.75 Å². The maximum Gasteiger partial charge on any atom is 0.319 e. The summed E-state index contributed by atoms with van der Waals surface area (Å²) in [5, 5.41) is 5.57. The third-order valence-corrected chi connectivity index (χ3v) is 2.61. The number of hydrogen-bond donors (Lipinski definition) is 3. The van der Waals surface area contributed by atoms with Gasteiger partial charge in [0.2, 0.25) is 0 Å². The van der Waals surface area contributed by atoms with Crippen LogP contribution in [-0.2, 0) is 6.54 Å². The highest BCUT2D eigenvalue weighted by molar-refractivity contribution is 5.91. The number of urea groups is 1. The van der Waals surface area contributed by atoms with Crippen LogP contribution in [0.2, 0.25) is 0 Å². The van der Waals surface area contributed by atoms with Gasteiger partial charge < -0.3 is 21.1 Å². The predicted molar refractivity (Wildman–Crippen MR) is 72.8 cm³/mol. The van der Waals surface area contributed by atoms with Crippen LogP contribution in [-0.4, -0.2) is 19.7 Å². The molecule has 0 saturated heterocycles. The molecule has 0 fully saturated rings. The van der Waals surface area contributed by atoms with Gasteiger partial charge in [-0.05, 0) is 18.1 Å². The SMILES string of the molecule is CCCCNC(=O)Nc1c(CN)cccc1OC. The van der Waals surface area contributed by atoms with Crippen molar-refractivity contribution in [2.24, 2.45) is 5.73 Å². The van der Waals surface area contributed by atoms with Gasteiger partial charge in [-0.25, -0.2) is 4.79 Å². The Bertz CT molecular complexity index is 372. The van der Waals surface area contributed by atoms with E-state index in [-0.39, 0.29) is 6.03 Å². The summed E-state index contributed by atoms with van der Waals surface area (Å²) in [6.07, 6.45) is 2.01. The van der Waals surface area contributed by atoms with Crippen molar-refractivity contribution in [3.05, 3.63) is 23.8 Å². The van der Waals surface area contributed by atoms with Gasteiger partial charge in [-0.1, -0.05) is 25.5 Å². The Balaban J connectivity index is 2.72. The van der Waals surface area contributed by atoms with E-state index in [1.54, 1.807) is 13.2 Å². The Morgan fingerprint density at radius 2 is 2.22 bits per heavy atom. The topological polar surface area (TPSA) is 76.4 Å². The third-order valence-electron chi connectivity index (χ3n) is 2.61. The molecule has 0 saturated carbocycles. The number of nitrogens with two attached hydrogens (primary N) is 1. The second-order valence-electron chi connectivity index (χ2n) is 3.93. The molecule has 18 heavy (non-hydrogen) atoms. The summed E-state index contributed by atoms with van der Waals surface area (Å²) in [4.78, 5) is 11.7. The summed E-state index contributed by atoms with van der Waals surface area (Å²) >= 11 is 0. The summed E-state index contributed by atoms with van der Waals surface area (Å²) in [5.41, 5.74) is 7.13. The van der Waals surface area contributed by atoms with Gasteiger partial charge in [-0.15, -0.1) is 0 Å². The third kappa shape index (κ3) is 3.92. The number of benzene rings is 1. The summed E-state index contributed by atoms with van der Waals surface area (Å²) in [6, 6.07) is 5.27. The molecule has 0 heterocycles. The first-order chi connectivity index (χ1) is 8.72. The molecule has 0 aliphatic carbocycles. The number of hydrogen-bond acceptors (Lipinski definition) is 3. The van der Waals surface area contributed by atoms with Crippen LogP contribution in [0.15, 0.2) is 18.2 Å². The number of methoxy groups -OCH3 is 1. The van der Waals surface area contributed by atoms with E-state index in [2.05, 4.69) is 17.6 Å². The first kappa shape index (κ1) is 14.3. The zero-order chi connectivity index (χ0) is 13.4. The number of carbonyl (C=O) groups is 1. The average molecular weight is 251 g/mol. The number of amides is 2. The fraction of sp³-hybridized carbons (Fsp3) is 0.462. The Morgan fingerprint density at radius 1 is 1.44 bits per heavy atom. The van der Waals surface area contributed by atoms with E-state index in [0.717, 1.165) is 18.4 Å². The van der Waals surface area contributed by atoms with Gasteiger partial charge in [0.05, 0.1) is 12.8 Å². The molecule has 0 aromatic heterocycles. The second kappa shape index (κ2) is 7.55. The molecule has 100 valence electrons. The van der Waals surface area contributed by atoms with E-state index in [1.807, 2.05) is 12.1 Å². The zero-order valence-corrected chi connectivity index (χ0v) is 11.0. The zero-order valence-electron chi connectivity index (χ0n) is 11.0. The highest BCUT2D eigenvalue weighted by atomic mass is 16.5. The van der Waals surface area contributed by atoms with E-state index in [4.69, 9.17) is 10.5 Å². The Morgan fingerprint density at radius 3 is 2.83 bits per heavy atom. The van der Waals surface area contributed by atoms with Gasteiger partial charge in [0.15, 0.2) is 0 Å². The van der Waals surface area contributed by atoms with Crippen LogP contribution in [0.1, 0.15) is 25.3 Å². The molecule has 0 aliphatic rings. The maximum atomic E-state index is 11.7. The van der Waals surface area contributed by atoms with Crippen LogP contribution in [0.25, 0.3) is 0 Å². The van der Waals surface area contributed by atoms with Gasteiger partial charge in [0, 0.05) is 13.1 Å². The molecule has 0 atom stereocenters. The molecule has 0 aliphatic heterocycles. The molecule has 0 bridgehead atoms. The first-order valence-electron chi connectivity index (χ1n) is 6.13. The van der Waals surface area contributed by atoms with Crippen LogP contribution < -0.4 is 21.1 Å². The molecule has 1 aromatic rings. The molecule has 0 radical (unpaired) electrons. The lowest BCUT2D eigenvalue weighted by Gasteiger charge is -2.14. The van der Waals surface area contributed by atoms with E-state index < -0.39 is 0 Å². The molecular formula is C13H21N3O2. The largest absolute Gasteiger partial charge is 0.495 e. The van der Waals surface area contributed by atoms with Crippen LogP contribution in [0, 0.1) is 0 Å². The highest BCUT2D eigenvalue weighted by Gasteiger charge is 2.10. The van der Waals surface area contributed by atoms with Crippen molar-refractivity contribution in [2.45, 2.75) is 26.3 Å². The summed E-state index contributed by atoms with van der Waals surface area (Å²) in [7, 11) is 1.57. The van der Waals surface area contributed by atoms with Crippen molar-refractivity contribution in [2.75, 3.05) is 19.0 Å². The quantitative estimate of drug-likeness (QED) is 0.677. The van der Waals surface area contributed by atoms with Crippen LogP contribution >= 0.6 is 0 Å². The van der Waals surface area contributed by atoms with E-state index >= 15 is 0 Å². The lowest BCUT2D eigenvalue weighted by Crippen LogP contribution is -2.30. The normalized spacial score (nSPS) is 9.94. The van der Waals surface area contributed by atoms with E-state index in [1.165, 1.54) is 0 Å². The smallest absolute Gasteiger partial charge is 0.319 e. The number of ether oxygens (including phenoxy) is 1. The lowest BCUT2D eigenvalue weighted by atomic mass is 10.1. The van der Waals surface area contributed by atoms with Gasteiger partial charge >= 0.3 is 6.03 Å². The molecule has 4 N–H and O–H groups in total. The number of para-hydroxylation sites is 1. The van der Waals surface area contributed by atoms with Gasteiger partial charge in [-0.2, -0.15) is 0 Å². The standard InChI is InChI=1S/C13H21N3O2/c1-3-4-8-15-13(17)16-12-10(9-14)6-5-7-11(12)18-2/h5-7H,3-4,8-9,14H2,1-2H3,(H2,15,16,17). The van der Waals surface area contributed by atoms with Crippen LogP contribution in [0.4, 0.5) is 10.5 Å². The number of rotatable bonds is 6. The number of anilines is 1. The summed E-state index contributed by atoms with van der Waals surface area (Å²) < 4.78 is 5.22. The van der Waals surface area contributed by atoms with Gasteiger partial charge in [0.25, 0.3) is 0 Å². The van der Waals surface area contributed by atoms with E-state index in [0.29, 0.717) is 24.5 Å².